The van der Waals surface area contributed by atoms with Crippen molar-refractivity contribution < 1.29 is 0 Å². The first-order chi connectivity index (χ1) is 14.8. The summed E-state index contributed by atoms with van der Waals surface area (Å²) in [5.41, 5.74) is 6.86. The molecular formula is C30H38. The van der Waals surface area contributed by atoms with E-state index < -0.39 is 0 Å². The van der Waals surface area contributed by atoms with Crippen LogP contribution in [0.3, 0.4) is 0 Å². The van der Waals surface area contributed by atoms with Crippen molar-refractivity contribution in [1.29, 1.82) is 0 Å². The van der Waals surface area contributed by atoms with E-state index in [0.717, 1.165) is 18.4 Å². The van der Waals surface area contributed by atoms with Crippen molar-refractivity contribution in [3.8, 4) is 11.8 Å². The molecule has 0 heterocycles. The van der Waals surface area contributed by atoms with Crippen LogP contribution in [-0.2, 0) is 12.8 Å². The summed E-state index contributed by atoms with van der Waals surface area (Å²) in [5.74, 6) is 7.45. The highest BCUT2D eigenvalue weighted by molar-refractivity contribution is 5.42. The quantitative estimate of drug-likeness (QED) is 0.294. The Balaban J connectivity index is 1.50. The third-order valence-electron chi connectivity index (χ3n) is 6.32. The lowest BCUT2D eigenvalue weighted by Gasteiger charge is -2.20. The molecule has 0 heteroatoms. The van der Waals surface area contributed by atoms with E-state index in [1.807, 2.05) is 0 Å². The van der Waals surface area contributed by atoms with E-state index >= 15 is 0 Å². The van der Waals surface area contributed by atoms with Crippen molar-refractivity contribution >= 4 is 0 Å². The van der Waals surface area contributed by atoms with Crippen LogP contribution in [0.15, 0.2) is 60.2 Å². The average Bonchev–Trinajstić information content (AvgIpc) is 2.81. The van der Waals surface area contributed by atoms with Gasteiger partial charge in [0.25, 0.3) is 0 Å². The molecule has 3 rings (SSSR count). The van der Waals surface area contributed by atoms with E-state index in [1.165, 1.54) is 80.1 Å². The van der Waals surface area contributed by atoms with Crippen LogP contribution in [0.25, 0.3) is 0 Å². The molecule has 0 radical (unpaired) electrons. The van der Waals surface area contributed by atoms with Gasteiger partial charge in [-0.3, -0.25) is 0 Å². The number of aryl methyl sites for hydroxylation is 2. The van der Waals surface area contributed by atoms with E-state index in [9.17, 15) is 0 Å². The van der Waals surface area contributed by atoms with Crippen molar-refractivity contribution in [3.63, 3.8) is 0 Å². The van der Waals surface area contributed by atoms with Crippen LogP contribution in [0, 0.1) is 11.8 Å². The minimum Gasteiger partial charge on any atom is -0.0723 e. The number of rotatable bonds is 9. The molecule has 2 aromatic rings. The molecule has 0 saturated carbocycles. The Bertz CT molecular complexity index is 840. The molecule has 0 saturated heterocycles. The minimum absolute atomic E-state index is 0.655. The van der Waals surface area contributed by atoms with Crippen molar-refractivity contribution in [3.05, 3.63) is 82.4 Å². The first-order valence-electron chi connectivity index (χ1n) is 12.2. The SMILES string of the molecule is CCCCCCc1ccc(C2CC=C(C#Cc3ccc(CCCC)cc3)CC2)cc1. The van der Waals surface area contributed by atoms with Gasteiger partial charge in [0.05, 0.1) is 0 Å². The summed E-state index contributed by atoms with van der Waals surface area (Å²) in [6, 6.07) is 18.3. The molecule has 30 heavy (non-hydrogen) atoms. The van der Waals surface area contributed by atoms with E-state index in [-0.39, 0.29) is 0 Å². The van der Waals surface area contributed by atoms with Gasteiger partial charge >= 0.3 is 0 Å². The molecule has 1 aliphatic carbocycles. The molecule has 0 aliphatic heterocycles. The Labute approximate surface area is 184 Å². The Morgan fingerprint density at radius 1 is 0.733 bits per heavy atom. The predicted octanol–water partition coefficient (Wildman–Crippen LogP) is 8.40. The van der Waals surface area contributed by atoms with E-state index in [1.54, 1.807) is 0 Å². The fraction of sp³-hybridized carbons (Fsp3) is 0.467. The monoisotopic (exact) mass is 398 g/mol. The van der Waals surface area contributed by atoms with Gasteiger partial charge in [-0.1, -0.05) is 93.8 Å². The maximum Gasteiger partial charge on any atom is 0.0249 e. The maximum absolute atomic E-state index is 3.43. The van der Waals surface area contributed by atoms with Crippen LogP contribution < -0.4 is 0 Å². The number of hydrogen-bond acceptors (Lipinski definition) is 0. The standard InChI is InChI=1S/C30H38/c1-3-5-7-8-10-26-17-21-29(22-18-26)30-23-19-28(20-24-30)16-15-27-13-11-25(12-14-27)9-6-4-2/h11-14,17-19,21-22,30H,3-10,20,23-24H2,1-2H3. The number of benzene rings is 2. The van der Waals surface area contributed by atoms with E-state index in [4.69, 9.17) is 0 Å². The highest BCUT2D eigenvalue weighted by atomic mass is 14.2. The third-order valence-corrected chi connectivity index (χ3v) is 6.32. The highest BCUT2D eigenvalue weighted by Crippen LogP contribution is 2.32. The van der Waals surface area contributed by atoms with Crippen LogP contribution in [0.4, 0.5) is 0 Å². The summed E-state index contributed by atoms with van der Waals surface area (Å²) in [6.45, 7) is 4.52. The largest absolute Gasteiger partial charge is 0.0723 e. The Hall–Kier alpha value is -2.26. The molecule has 2 aromatic carbocycles. The van der Waals surface area contributed by atoms with Gasteiger partial charge in [-0.15, -0.1) is 0 Å². The van der Waals surface area contributed by atoms with Crippen LogP contribution in [-0.4, -0.2) is 0 Å². The molecule has 0 nitrogen and oxygen atoms in total. The second-order valence-corrected chi connectivity index (χ2v) is 8.80. The second-order valence-electron chi connectivity index (χ2n) is 8.80. The molecule has 0 aromatic heterocycles. The zero-order chi connectivity index (χ0) is 21.0. The van der Waals surface area contributed by atoms with Crippen molar-refractivity contribution in [2.75, 3.05) is 0 Å². The van der Waals surface area contributed by atoms with Crippen molar-refractivity contribution in [2.45, 2.75) is 90.4 Å². The van der Waals surface area contributed by atoms with E-state index in [2.05, 4.69) is 80.3 Å². The predicted molar refractivity (Wildman–Crippen MR) is 131 cm³/mol. The minimum atomic E-state index is 0.655. The highest BCUT2D eigenvalue weighted by Gasteiger charge is 2.15. The van der Waals surface area contributed by atoms with Gasteiger partial charge in [0.2, 0.25) is 0 Å². The third kappa shape index (κ3) is 7.21. The molecule has 158 valence electrons. The first kappa shape index (κ1) is 22.4. The summed E-state index contributed by atoms with van der Waals surface area (Å²) in [6.07, 6.45) is 16.1. The molecule has 0 fully saturated rings. The smallest absolute Gasteiger partial charge is 0.0249 e. The van der Waals surface area contributed by atoms with Crippen LogP contribution in [0.2, 0.25) is 0 Å². The van der Waals surface area contributed by atoms with Gasteiger partial charge in [-0.25, -0.2) is 0 Å². The summed E-state index contributed by atoms with van der Waals surface area (Å²) in [4.78, 5) is 0. The van der Waals surface area contributed by atoms with Gasteiger partial charge in [-0.2, -0.15) is 0 Å². The Kier molecular flexibility index (Phi) is 9.30. The molecular weight excluding hydrogens is 360 g/mol. The molecule has 1 atom stereocenters. The van der Waals surface area contributed by atoms with Gasteiger partial charge in [-0.05, 0) is 85.3 Å². The van der Waals surface area contributed by atoms with Gasteiger partial charge < -0.3 is 0 Å². The number of hydrogen-bond donors (Lipinski definition) is 0. The van der Waals surface area contributed by atoms with Crippen molar-refractivity contribution in [1.82, 2.24) is 0 Å². The average molecular weight is 399 g/mol. The fourth-order valence-corrected chi connectivity index (χ4v) is 4.25. The molecule has 0 amide bonds. The summed E-state index contributed by atoms with van der Waals surface area (Å²) < 4.78 is 0. The fourth-order valence-electron chi connectivity index (χ4n) is 4.25. The second kappa shape index (κ2) is 12.4. The molecule has 0 N–H and O–H groups in total. The lowest BCUT2D eigenvalue weighted by Crippen LogP contribution is -2.04. The van der Waals surface area contributed by atoms with Crippen LogP contribution in [0.1, 0.15) is 99.8 Å². The Morgan fingerprint density at radius 3 is 2.03 bits per heavy atom. The Morgan fingerprint density at radius 2 is 1.40 bits per heavy atom. The molecule has 1 aliphatic rings. The molecule has 1 unspecified atom stereocenters. The number of allylic oxidation sites excluding steroid dienone is 2. The number of unbranched alkanes of at least 4 members (excludes halogenated alkanes) is 4. The lowest BCUT2D eigenvalue weighted by molar-refractivity contribution is 0.607. The first-order valence-corrected chi connectivity index (χ1v) is 12.2. The van der Waals surface area contributed by atoms with E-state index in [0.29, 0.717) is 5.92 Å². The normalized spacial score (nSPS) is 15.9. The molecule has 0 spiro atoms. The van der Waals surface area contributed by atoms with Gasteiger partial charge in [0, 0.05) is 5.56 Å². The lowest BCUT2D eigenvalue weighted by atomic mass is 9.84. The zero-order valence-corrected chi connectivity index (χ0v) is 19.1. The van der Waals surface area contributed by atoms with Gasteiger partial charge in [0.1, 0.15) is 0 Å². The summed E-state index contributed by atoms with van der Waals surface area (Å²) in [7, 11) is 0. The summed E-state index contributed by atoms with van der Waals surface area (Å²) >= 11 is 0. The zero-order valence-electron chi connectivity index (χ0n) is 19.1. The van der Waals surface area contributed by atoms with Crippen molar-refractivity contribution in [2.24, 2.45) is 0 Å². The maximum atomic E-state index is 3.43. The molecule has 0 bridgehead atoms. The van der Waals surface area contributed by atoms with Gasteiger partial charge in [0.15, 0.2) is 0 Å². The summed E-state index contributed by atoms with van der Waals surface area (Å²) in [5, 5.41) is 0. The topological polar surface area (TPSA) is 0 Å². The van der Waals surface area contributed by atoms with Crippen LogP contribution in [0.5, 0.6) is 0 Å². The van der Waals surface area contributed by atoms with Crippen LogP contribution >= 0.6 is 0 Å².